The maximum absolute atomic E-state index is 11.6. The van der Waals surface area contributed by atoms with Crippen LogP contribution in [-0.2, 0) is 14.3 Å². The first kappa shape index (κ1) is 17.0. The van der Waals surface area contributed by atoms with Gasteiger partial charge in [0.05, 0.1) is 6.07 Å². The van der Waals surface area contributed by atoms with E-state index < -0.39 is 17.5 Å². The lowest BCUT2D eigenvalue weighted by Gasteiger charge is -2.22. The molecule has 0 spiro atoms. The number of carboxylic acid groups (broad SMARTS) is 1. The third kappa shape index (κ3) is 8.68. The first-order chi connectivity index (χ1) is 8.93. The number of terminal acetylenes is 1. The van der Waals surface area contributed by atoms with Crippen molar-refractivity contribution >= 4 is 11.9 Å². The minimum atomic E-state index is -1.03. The van der Waals surface area contributed by atoms with Crippen molar-refractivity contribution in [3.63, 3.8) is 0 Å². The number of nitrogens with zero attached hydrogens (tertiary/aromatic N) is 1. The number of carbonyl (C=O) groups is 2. The summed E-state index contributed by atoms with van der Waals surface area (Å²) in [5.74, 6) is 1.15. The van der Waals surface area contributed by atoms with E-state index in [1.807, 2.05) is 6.07 Å². The molecule has 0 aliphatic heterocycles. The van der Waals surface area contributed by atoms with Gasteiger partial charge in [-0.25, -0.2) is 0 Å². The number of aliphatic carboxylic acids is 1. The molecule has 19 heavy (non-hydrogen) atoms. The smallest absolute Gasteiger partial charge is 0.307 e. The van der Waals surface area contributed by atoms with Crippen molar-refractivity contribution in [3.05, 3.63) is 0 Å². The molecule has 0 amide bonds. The summed E-state index contributed by atoms with van der Waals surface area (Å²) in [4.78, 5) is 21.8. The second-order valence-corrected chi connectivity index (χ2v) is 4.46. The van der Waals surface area contributed by atoms with Crippen molar-refractivity contribution in [2.24, 2.45) is 0 Å². The molecule has 0 rings (SSSR count). The molecule has 0 aliphatic rings. The Morgan fingerprint density at radius 1 is 1.32 bits per heavy atom. The van der Waals surface area contributed by atoms with Crippen LogP contribution in [0.2, 0.25) is 0 Å². The van der Waals surface area contributed by atoms with Gasteiger partial charge in [0.1, 0.15) is 0 Å². The lowest BCUT2D eigenvalue weighted by Crippen LogP contribution is -2.29. The van der Waals surface area contributed by atoms with Crippen LogP contribution in [0.15, 0.2) is 0 Å². The average molecular weight is 265 g/mol. The lowest BCUT2D eigenvalue weighted by atomic mass is 10.0. The highest BCUT2D eigenvalue weighted by atomic mass is 16.6. The molecular weight excluding hydrogens is 246 g/mol. The Morgan fingerprint density at radius 3 is 2.47 bits per heavy atom. The molecule has 1 unspecified atom stereocenters. The summed E-state index contributed by atoms with van der Waals surface area (Å²) in [6.07, 6.45) is 7.94. The molecule has 0 aromatic carbocycles. The molecule has 0 fully saturated rings. The van der Waals surface area contributed by atoms with Crippen molar-refractivity contribution in [3.8, 4) is 18.4 Å². The second-order valence-electron chi connectivity index (χ2n) is 4.46. The molecular formula is C14H19NO4. The lowest BCUT2D eigenvalue weighted by molar-refractivity contribution is -0.153. The van der Waals surface area contributed by atoms with E-state index in [-0.39, 0.29) is 19.3 Å². The van der Waals surface area contributed by atoms with Crippen molar-refractivity contribution in [1.82, 2.24) is 0 Å². The maximum Gasteiger partial charge on any atom is 0.307 e. The summed E-state index contributed by atoms with van der Waals surface area (Å²) in [5, 5.41) is 16.9. The summed E-state index contributed by atoms with van der Waals surface area (Å²) in [7, 11) is 0. The number of ether oxygens (including phenoxy) is 1. The first-order valence-electron chi connectivity index (χ1n) is 6.22. The minimum Gasteiger partial charge on any atom is -0.481 e. The summed E-state index contributed by atoms with van der Waals surface area (Å²) in [5.41, 5.74) is -1.03. The number of hydrogen-bond acceptors (Lipinski definition) is 4. The van der Waals surface area contributed by atoms with E-state index >= 15 is 0 Å². The van der Waals surface area contributed by atoms with Crippen LogP contribution in [0, 0.1) is 23.7 Å². The van der Waals surface area contributed by atoms with Gasteiger partial charge in [-0.1, -0.05) is 12.3 Å². The monoisotopic (exact) mass is 265 g/mol. The predicted molar refractivity (Wildman–Crippen MR) is 68.9 cm³/mol. The summed E-state index contributed by atoms with van der Waals surface area (Å²) >= 11 is 0. The Hall–Kier alpha value is -2.01. The van der Waals surface area contributed by atoms with Gasteiger partial charge in [-0.05, 0) is 19.8 Å². The molecule has 0 saturated heterocycles. The molecule has 0 aliphatic carbocycles. The van der Waals surface area contributed by atoms with Crippen LogP contribution in [0.4, 0.5) is 0 Å². The Bertz CT molecular complexity index is 391. The van der Waals surface area contributed by atoms with Gasteiger partial charge in [0.2, 0.25) is 0 Å². The van der Waals surface area contributed by atoms with Crippen LogP contribution in [0.25, 0.3) is 0 Å². The fourth-order valence-corrected chi connectivity index (χ4v) is 1.47. The van der Waals surface area contributed by atoms with E-state index in [2.05, 4.69) is 5.92 Å². The van der Waals surface area contributed by atoms with Crippen LogP contribution in [0.5, 0.6) is 0 Å². The number of nitriles is 1. The quantitative estimate of drug-likeness (QED) is 0.392. The van der Waals surface area contributed by atoms with E-state index in [1.54, 1.807) is 6.92 Å². The van der Waals surface area contributed by atoms with Gasteiger partial charge in [-0.3, -0.25) is 9.59 Å². The van der Waals surface area contributed by atoms with Crippen LogP contribution in [-0.4, -0.2) is 22.6 Å². The molecule has 5 heteroatoms. The topological polar surface area (TPSA) is 87.4 Å². The molecule has 0 aromatic heterocycles. The zero-order chi connectivity index (χ0) is 14.7. The summed E-state index contributed by atoms with van der Waals surface area (Å²) in [6, 6.07) is 1.96. The summed E-state index contributed by atoms with van der Waals surface area (Å²) < 4.78 is 5.17. The highest BCUT2D eigenvalue weighted by molar-refractivity contribution is 5.70. The second kappa shape index (κ2) is 8.99. The zero-order valence-electron chi connectivity index (χ0n) is 11.1. The molecule has 1 atom stereocenters. The molecule has 5 nitrogen and oxygen atoms in total. The highest BCUT2D eigenvalue weighted by Crippen LogP contribution is 2.18. The Labute approximate surface area is 113 Å². The van der Waals surface area contributed by atoms with Crippen molar-refractivity contribution in [2.45, 2.75) is 57.5 Å². The third-order valence-corrected chi connectivity index (χ3v) is 2.63. The van der Waals surface area contributed by atoms with E-state index in [4.69, 9.17) is 21.5 Å². The maximum atomic E-state index is 11.6. The Balaban J connectivity index is 3.93. The van der Waals surface area contributed by atoms with E-state index in [9.17, 15) is 9.59 Å². The number of esters is 1. The third-order valence-electron chi connectivity index (χ3n) is 2.63. The first-order valence-corrected chi connectivity index (χ1v) is 6.22. The van der Waals surface area contributed by atoms with Gasteiger partial charge >= 0.3 is 11.9 Å². The zero-order valence-corrected chi connectivity index (χ0v) is 11.1. The van der Waals surface area contributed by atoms with Gasteiger partial charge in [0.25, 0.3) is 0 Å². The van der Waals surface area contributed by atoms with E-state index in [1.165, 1.54) is 0 Å². The Morgan fingerprint density at radius 2 is 1.95 bits per heavy atom. The van der Waals surface area contributed by atoms with Gasteiger partial charge in [-0.2, -0.15) is 5.26 Å². The highest BCUT2D eigenvalue weighted by Gasteiger charge is 2.25. The molecule has 0 saturated carbocycles. The molecule has 0 radical (unpaired) electrons. The van der Waals surface area contributed by atoms with Crippen molar-refractivity contribution in [1.29, 1.82) is 5.26 Å². The number of rotatable bonds is 9. The van der Waals surface area contributed by atoms with Crippen LogP contribution in [0.3, 0.4) is 0 Å². The molecule has 0 bridgehead atoms. The van der Waals surface area contributed by atoms with Gasteiger partial charge in [0.15, 0.2) is 5.60 Å². The standard InChI is InChI=1S/C14H19NO4/c1-3-14(2,10-7-11-15)19-13(18)9-6-4-5-8-12(16)17/h1H,4-10H2,2H3,(H,16,17). The molecule has 1 N–H and O–H groups in total. The fourth-order valence-electron chi connectivity index (χ4n) is 1.47. The average Bonchev–Trinajstić information content (AvgIpc) is 2.35. The molecule has 0 heterocycles. The number of carboxylic acids is 1. The number of unbranched alkanes of at least 4 members (excludes halogenated alkanes) is 2. The van der Waals surface area contributed by atoms with Gasteiger partial charge < -0.3 is 9.84 Å². The van der Waals surface area contributed by atoms with Crippen molar-refractivity contribution < 1.29 is 19.4 Å². The normalized spacial score (nSPS) is 12.8. The number of carbonyl (C=O) groups excluding carboxylic acids is 1. The predicted octanol–water partition coefficient (Wildman–Crippen LogP) is 2.26. The van der Waals surface area contributed by atoms with Crippen LogP contribution in [0.1, 0.15) is 51.9 Å². The molecule has 0 aromatic rings. The largest absolute Gasteiger partial charge is 0.481 e. The SMILES string of the molecule is C#CC(C)(CCC#N)OC(=O)CCCCCC(=O)O. The van der Waals surface area contributed by atoms with Crippen LogP contribution >= 0.6 is 0 Å². The minimum absolute atomic E-state index is 0.110. The molecule has 104 valence electrons. The number of hydrogen-bond donors (Lipinski definition) is 1. The van der Waals surface area contributed by atoms with E-state index in [0.29, 0.717) is 25.7 Å². The Kier molecular flexibility index (Phi) is 8.04. The van der Waals surface area contributed by atoms with Gasteiger partial charge in [0, 0.05) is 25.7 Å². The van der Waals surface area contributed by atoms with Gasteiger partial charge in [-0.15, -0.1) is 6.42 Å². The fraction of sp³-hybridized carbons (Fsp3) is 0.643. The summed E-state index contributed by atoms with van der Waals surface area (Å²) in [6.45, 7) is 1.60. The van der Waals surface area contributed by atoms with E-state index in [0.717, 1.165) is 0 Å². The van der Waals surface area contributed by atoms with Crippen LogP contribution < -0.4 is 0 Å². The van der Waals surface area contributed by atoms with Crippen molar-refractivity contribution in [2.75, 3.05) is 0 Å².